The Morgan fingerprint density at radius 2 is 1.68 bits per heavy atom. The molecule has 2 rings (SSSR count). The minimum atomic E-state index is -0.150. The van der Waals surface area contributed by atoms with E-state index in [1.165, 1.54) is 12.5 Å². The summed E-state index contributed by atoms with van der Waals surface area (Å²) in [5.74, 6) is -0.179. The predicted octanol–water partition coefficient (Wildman–Crippen LogP) is 3.50. The third kappa shape index (κ3) is 4.19. The minimum absolute atomic E-state index is 0.0290. The standard InChI is InChI=1S/C18H20N2O2/c1-3-14-8-10-15(11-9-14)20-18(22)12-19-17-7-5-4-6-16(17)13(2)21/h4-11,19H,3,12H2,1-2H3,(H,20,22). The smallest absolute Gasteiger partial charge is 0.243 e. The van der Waals surface area contributed by atoms with E-state index in [0.717, 1.165) is 12.1 Å². The summed E-state index contributed by atoms with van der Waals surface area (Å²) in [6, 6.07) is 14.9. The van der Waals surface area contributed by atoms with Crippen molar-refractivity contribution in [1.29, 1.82) is 0 Å². The number of hydrogen-bond donors (Lipinski definition) is 2. The number of ketones is 1. The average Bonchev–Trinajstić information content (AvgIpc) is 2.54. The molecule has 0 spiro atoms. The Labute approximate surface area is 130 Å². The second-order valence-electron chi connectivity index (χ2n) is 5.05. The van der Waals surface area contributed by atoms with Crippen LogP contribution in [0.1, 0.15) is 29.8 Å². The molecule has 0 aliphatic rings. The molecule has 0 heterocycles. The van der Waals surface area contributed by atoms with Gasteiger partial charge < -0.3 is 10.6 Å². The molecule has 2 aromatic carbocycles. The molecule has 114 valence electrons. The van der Waals surface area contributed by atoms with Crippen LogP contribution in [0.15, 0.2) is 48.5 Å². The largest absolute Gasteiger partial charge is 0.376 e. The van der Waals surface area contributed by atoms with Gasteiger partial charge in [-0.15, -0.1) is 0 Å². The van der Waals surface area contributed by atoms with Gasteiger partial charge in [0.25, 0.3) is 0 Å². The number of benzene rings is 2. The van der Waals surface area contributed by atoms with Crippen LogP contribution in [0.2, 0.25) is 0 Å². The Bertz CT molecular complexity index is 663. The molecule has 0 fully saturated rings. The number of carbonyl (C=O) groups excluding carboxylic acids is 2. The highest BCUT2D eigenvalue weighted by atomic mass is 16.2. The van der Waals surface area contributed by atoms with E-state index in [4.69, 9.17) is 0 Å². The van der Waals surface area contributed by atoms with Crippen LogP contribution in [-0.4, -0.2) is 18.2 Å². The first-order chi connectivity index (χ1) is 10.6. The van der Waals surface area contributed by atoms with Crippen molar-refractivity contribution >= 4 is 23.1 Å². The third-order valence-electron chi connectivity index (χ3n) is 3.39. The summed E-state index contributed by atoms with van der Waals surface area (Å²) in [6.45, 7) is 3.71. The van der Waals surface area contributed by atoms with Crippen LogP contribution in [0.3, 0.4) is 0 Å². The van der Waals surface area contributed by atoms with Crippen molar-refractivity contribution in [2.24, 2.45) is 0 Å². The van der Waals surface area contributed by atoms with E-state index >= 15 is 0 Å². The van der Waals surface area contributed by atoms with E-state index < -0.39 is 0 Å². The lowest BCUT2D eigenvalue weighted by Crippen LogP contribution is -2.22. The first-order valence-corrected chi connectivity index (χ1v) is 7.32. The molecule has 0 unspecified atom stereocenters. The minimum Gasteiger partial charge on any atom is -0.376 e. The monoisotopic (exact) mass is 296 g/mol. The molecule has 0 radical (unpaired) electrons. The van der Waals surface area contributed by atoms with Gasteiger partial charge in [0.2, 0.25) is 5.91 Å². The molecule has 0 bridgehead atoms. The summed E-state index contributed by atoms with van der Waals surface area (Å²) in [7, 11) is 0. The first kappa shape index (κ1) is 15.8. The molecule has 1 amide bonds. The number of rotatable bonds is 6. The fourth-order valence-corrected chi connectivity index (χ4v) is 2.15. The van der Waals surface area contributed by atoms with Gasteiger partial charge in [-0.05, 0) is 43.2 Å². The fraction of sp³-hybridized carbons (Fsp3) is 0.222. The van der Waals surface area contributed by atoms with E-state index in [9.17, 15) is 9.59 Å². The maximum Gasteiger partial charge on any atom is 0.243 e. The number of nitrogens with one attached hydrogen (secondary N) is 2. The average molecular weight is 296 g/mol. The lowest BCUT2D eigenvalue weighted by molar-refractivity contribution is -0.114. The maximum atomic E-state index is 12.0. The van der Waals surface area contributed by atoms with E-state index in [0.29, 0.717) is 11.3 Å². The van der Waals surface area contributed by atoms with Gasteiger partial charge >= 0.3 is 0 Å². The highest BCUT2D eigenvalue weighted by molar-refractivity contribution is 6.00. The van der Waals surface area contributed by atoms with Crippen LogP contribution in [0.5, 0.6) is 0 Å². The normalized spacial score (nSPS) is 10.1. The SMILES string of the molecule is CCc1ccc(NC(=O)CNc2ccccc2C(C)=O)cc1. The van der Waals surface area contributed by atoms with Gasteiger partial charge in [-0.2, -0.15) is 0 Å². The molecule has 2 N–H and O–H groups in total. The molecule has 2 aromatic rings. The fourth-order valence-electron chi connectivity index (χ4n) is 2.15. The van der Waals surface area contributed by atoms with Crippen LogP contribution in [0, 0.1) is 0 Å². The van der Waals surface area contributed by atoms with Crippen molar-refractivity contribution in [1.82, 2.24) is 0 Å². The third-order valence-corrected chi connectivity index (χ3v) is 3.39. The quantitative estimate of drug-likeness (QED) is 0.802. The van der Waals surface area contributed by atoms with E-state index in [1.54, 1.807) is 18.2 Å². The first-order valence-electron chi connectivity index (χ1n) is 7.32. The molecule has 0 aliphatic heterocycles. The number of hydrogen-bond acceptors (Lipinski definition) is 3. The topological polar surface area (TPSA) is 58.2 Å². The summed E-state index contributed by atoms with van der Waals surface area (Å²) in [5, 5.41) is 5.83. The van der Waals surface area contributed by atoms with Gasteiger partial charge in [0.05, 0.1) is 6.54 Å². The Kier molecular flexibility index (Phi) is 5.31. The van der Waals surface area contributed by atoms with Crippen molar-refractivity contribution in [3.05, 3.63) is 59.7 Å². The van der Waals surface area contributed by atoms with Crippen molar-refractivity contribution in [3.63, 3.8) is 0 Å². The zero-order valence-corrected chi connectivity index (χ0v) is 12.8. The molecule has 22 heavy (non-hydrogen) atoms. The van der Waals surface area contributed by atoms with Gasteiger partial charge in [-0.1, -0.05) is 31.2 Å². The van der Waals surface area contributed by atoms with Crippen molar-refractivity contribution < 1.29 is 9.59 Å². The Hall–Kier alpha value is -2.62. The molecular formula is C18H20N2O2. The maximum absolute atomic E-state index is 12.0. The molecule has 4 heteroatoms. The van der Waals surface area contributed by atoms with Crippen LogP contribution < -0.4 is 10.6 Å². The summed E-state index contributed by atoms with van der Waals surface area (Å²) >= 11 is 0. The Balaban J connectivity index is 1.94. The van der Waals surface area contributed by atoms with Crippen LogP contribution in [0.4, 0.5) is 11.4 Å². The van der Waals surface area contributed by atoms with Crippen molar-refractivity contribution in [2.45, 2.75) is 20.3 Å². The second kappa shape index (κ2) is 7.41. The molecule has 0 aliphatic carbocycles. The lowest BCUT2D eigenvalue weighted by Gasteiger charge is -2.10. The van der Waals surface area contributed by atoms with Crippen molar-refractivity contribution in [2.75, 3.05) is 17.2 Å². The molecule has 0 saturated heterocycles. The lowest BCUT2D eigenvalue weighted by atomic mass is 10.1. The van der Waals surface area contributed by atoms with E-state index in [2.05, 4.69) is 17.6 Å². The number of carbonyl (C=O) groups is 2. The highest BCUT2D eigenvalue weighted by Crippen LogP contribution is 2.15. The van der Waals surface area contributed by atoms with Crippen LogP contribution >= 0.6 is 0 Å². The van der Waals surface area contributed by atoms with Gasteiger partial charge in [0.15, 0.2) is 5.78 Å². The Morgan fingerprint density at radius 3 is 2.32 bits per heavy atom. The number of anilines is 2. The van der Waals surface area contributed by atoms with E-state index in [1.807, 2.05) is 30.3 Å². The summed E-state index contributed by atoms with van der Waals surface area (Å²) < 4.78 is 0. The summed E-state index contributed by atoms with van der Waals surface area (Å²) in [6.07, 6.45) is 0.970. The van der Waals surface area contributed by atoms with Crippen LogP contribution in [0.25, 0.3) is 0 Å². The number of amides is 1. The number of Topliss-reactive ketones (excluding diaryl/α,β-unsaturated/α-hetero) is 1. The number of aryl methyl sites for hydroxylation is 1. The summed E-state index contributed by atoms with van der Waals surface area (Å²) in [5.41, 5.74) is 3.25. The molecule has 0 saturated carbocycles. The second-order valence-corrected chi connectivity index (χ2v) is 5.05. The van der Waals surface area contributed by atoms with E-state index in [-0.39, 0.29) is 18.2 Å². The number of para-hydroxylation sites is 1. The molecular weight excluding hydrogens is 276 g/mol. The van der Waals surface area contributed by atoms with Gasteiger partial charge in [-0.25, -0.2) is 0 Å². The molecule has 4 nitrogen and oxygen atoms in total. The highest BCUT2D eigenvalue weighted by Gasteiger charge is 2.08. The zero-order valence-electron chi connectivity index (χ0n) is 12.8. The Morgan fingerprint density at radius 1 is 1.00 bits per heavy atom. The van der Waals surface area contributed by atoms with Gasteiger partial charge in [-0.3, -0.25) is 9.59 Å². The molecule has 0 atom stereocenters. The predicted molar refractivity (Wildman–Crippen MR) is 89.4 cm³/mol. The van der Waals surface area contributed by atoms with Crippen LogP contribution in [-0.2, 0) is 11.2 Å². The zero-order chi connectivity index (χ0) is 15.9. The van der Waals surface area contributed by atoms with Gasteiger partial charge in [0.1, 0.15) is 0 Å². The van der Waals surface area contributed by atoms with Crippen molar-refractivity contribution in [3.8, 4) is 0 Å². The van der Waals surface area contributed by atoms with Gasteiger partial charge in [0, 0.05) is 16.9 Å². The summed E-state index contributed by atoms with van der Waals surface area (Å²) in [4.78, 5) is 23.5. The molecule has 0 aromatic heterocycles.